The van der Waals surface area contributed by atoms with Crippen molar-refractivity contribution in [1.82, 2.24) is 4.57 Å². The first-order valence-corrected chi connectivity index (χ1v) is 19.5. The Morgan fingerprint density at radius 3 is 1.79 bits per heavy atom. The maximum Gasteiger partial charge on any atom is 0.152 e. The molecule has 12 rings (SSSR count). The van der Waals surface area contributed by atoms with Gasteiger partial charge in [0.1, 0.15) is 0 Å². The summed E-state index contributed by atoms with van der Waals surface area (Å²) < 4.78 is 9.19. The molecule has 0 atom stereocenters. The van der Waals surface area contributed by atoms with Gasteiger partial charge in [-0.1, -0.05) is 146 Å². The van der Waals surface area contributed by atoms with E-state index in [-0.39, 0.29) is 0 Å². The van der Waals surface area contributed by atoms with Crippen LogP contribution in [0.4, 0.5) is 17.1 Å². The lowest BCUT2D eigenvalue weighted by Gasteiger charge is -2.34. The molecule has 0 fully saturated rings. The van der Waals surface area contributed by atoms with E-state index in [0.717, 1.165) is 45.1 Å². The van der Waals surface area contributed by atoms with Gasteiger partial charge >= 0.3 is 0 Å². The largest absolute Gasteiger partial charge is 0.453 e. The molecule has 1 aliphatic rings. The van der Waals surface area contributed by atoms with Gasteiger partial charge in [-0.05, 0) is 110 Å². The van der Waals surface area contributed by atoms with E-state index in [4.69, 9.17) is 4.74 Å². The molecule has 266 valence electrons. The van der Waals surface area contributed by atoms with Crippen LogP contribution in [0.2, 0.25) is 0 Å². The first-order chi connectivity index (χ1) is 28.2. The maximum absolute atomic E-state index is 6.77. The van der Waals surface area contributed by atoms with Gasteiger partial charge in [0.2, 0.25) is 0 Å². The van der Waals surface area contributed by atoms with Gasteiger partial charge in [0, 0.05) is 21.8 Å². The van der Waals surface area contributed by atoms with Crippen molar-refractivity contribution in [2.45, 2.75) is 0 Å². The van der Waals surface area contributed by atoms with Crippen LogP contribution >= 0.6 is 0 Å². The summed E-state index contributed by atoms with van der Waals surface area (Å²) in [6.07, 6.45) is 0. The van der Waals surface area contributed by atoms with Crippen LogP contribution in [0.1, 0.15) is 0 Å². The second-order valence-electron chi connectivity index (χ2n) is 14.9. The summed E-state index contributed by atoms with van der Waals surface area (Å²) in [5.74, 6) is 1.66. The third-order valence-electron chi connectivity index (χ3n) is 11.7. The molecule has 0 saturated heterocycles. The molecule has 0 bridgehead atoms. The van der Waals surface area contributed by atoms with Crippen LogP contribution in [0.25, 0.3) is 82.1 Å². The number of hydrogen-bond acceptors (Lipinski definition) is 2. The van der Waals surface area contributed by atoms with Crippen LogP contribution in [0, 0.1) is 0 Å². The number of para-hydroxylation sites is 1. The van der Waals surface area contributed by atoms with E-state index >= 15 is 0 Å². The molecule has 0 saturated carbocycles. The monoisotopic (exact) mass is 726 g/mol. The Morgan fingerprint density at radius 2 is 0.930 bits per heavy atom. The molecule has 1 aliphatic heterocycles. The normalized spacial score (nSPS) is 12.3. The third-order valence-corrected chi connectivity index (χ3v) is 11.7. The van der Waals surface area contributed by atoms with Crippen molar-refractivity contribution < 1.29 is 4.74 Å². The lowest BCUT2D eigenvalue weighted by molar-refractivity contribution is 0.478. The van der Waals surface area contributed by atoms with E-state index in [0.29, 0.717) is 0 Å². The average Bonchev–Trinajstić information content (AvgIpc) is 3.60. The fraction of sp³-hybridized carbons (Fsp3) is 0. The first kappa shape index (κ1) is 31.7. The van der Waals surface area contributed by atoms with Crippen LogP contribution in [0.15, 0.2) is 206 Å². The SMILES string of the molecule is c1cc(-c2cccc3ccccc23)cc(N2c3cc(-c4ccc5c(c4)c4ccccc4n5-c4cccc5ccccc45)ccc3Oc3cc4ccccc4cc32)c1. The van der Waals surface area contributed by atoms with Gasteiger partial charge in [0.15, 0.2) is 11.5 Å². The zero-order chi connectivity index (χ0) is 37.5. The highest BCUT2D eigenvalue weighted by atomic mass is 16.5. The Bertz CT molecular complexity index is 3400. The Labute approximate surface area is 329 Å². The minimum absolute atomic E-state index is 0.825. The zero-order valence-corrected chi connectivity index (χ0v) is 30.9. The van der Waals surface area contributed by atoms with Gasteiger partial charge in [-0.25, -0.2) is 0 Å². The van der Waals surface area contributed by atoms with Gasteiger partial charge in [-0.2, -0.15) is 0 Å². The van der Waals surface area contributed by atoms with Gasteiger partial charge < -0.3 is 14.2 Å². The molecule has 0 N–H and O–H groups in total. The summed E-state index contributed by atoms with van der Waals surface area (Å²) in [6, 6.07) is 74.6. The molecule has 0 amide bonds. The summed E-state index contributed by atoms with van der Waals surface area (Å²) in [7, 11) is 0. The van der Waals surface area contributed by atoms with Gasteiger partial charge in [0.05, 0.1) is 28.1 Å². The summed E-state index contributed by atoms with van der Waals surface area (Å²) in [4.78, 5) is 2.38. The Balaban J connectivity index is 1.04. The van der Waals surface area contributed by atoms with E-state index in [1.165, 1.54) is 65.6 Å². The Morgan fingerprint density at radius 1 is 0.316 bits per heavy atom. The van der Waals surface area contributed by atoms with Crippen molar-refractivity contribution in [3.63, 3.8) is 0 Å². The van der Waals surface area contributed by atoms with Crippen molar-refractivity contribution in [3.8, 4) is 39.4 Å². The highest BCUT2D eigenvalue weighted by molar-refractivity contribution is 6.12. The molecule has 10 aromatic carbocycles. The van der Waals surface area contributed by atoms with Crippen LogP contribution in [-0.4, -0.2) is 4.57 Å². The molecule has 0 aliphatic carbocycles. The Kier molecular flexibility index (Phi) is 6.93. The smallest absolute Gasteiger partial charge is 0.152 e. The number of hydrogen-bond donors (Lipinski definition) is 0. The lowest BCUT2D eigenvalue weighted by atomic mass is 9.97. The Hall–Kier alpha value is -7.62. The predicted molar refractivity (Wildman–Crippen MR) is 239 cm³/mol. The minimum atomic E-state index is 0.825. The standard InChI is InChI=1S/C54H34N2O/c1-2-15-38-34-54-52(32-37(38)14-1)55(42-19-9-18-41(30-42)44-23-10-16-35-12-3-5-20-43(35)44)51-33-40(27-29-53(51)57-54)39-26-28-50-47(31-39)46-22-7-8-24-49(46)56(50)48-25-11-17-36-13-4-6-21-45(36)48/h1-34H. The van der Waals surface area contributed by atoms with Crippen LogP contribution in [0.5, 0.6) is 11.5 Å². The summed E-state index contributed by atoms with van der Waals surface area (Å²) in [5, 5.41) is 9.72. The van der Waals surface area contributed by atoms with Gasteiger partial charge in [0.25, 0.3) is 0 Å². The molecule has 0 spiro atoms. The molecule has 0 unspecified atom stereocenters. The fourth-order valence-corrected chi connectivity index (χ4v) is 9.05. The predicted octanol–water partition coefficient (Wildman–Crippen LogP) is 15.2. The molecular weight excluding hydrogens is 693 g/mol. The minimum Gasteiger partial charge on any atom is -0.453 e. The highest BCUT2D eigenvalue weighted by Crippen LogP contribution is 2.53. The lowest BCUT2D eigenvalue weighted by Crippen LogP contribution is -2.16. The third kappa shape index (κ3) is 4.99. The van der Waals surface area contributed by atoms with E-state index in [9.17, 15) is 0 Å². The van der Waals surface area contributed by atoms with Crippen molar-refractivity contribution in [2.24, 2.45) is 0 Å². The van der Waals surface area contributed by atoms with Crippen molar-refractivity contribution in [2.75, 3.05) is 4.90 Å². The summed E-state index contributed by atoms with van der Waals surface area (Å²) in [5.41, 5.74) is 11.3. The molecule has 11 aromatic rings. The quantitative estimate of drug-likeness (QED) is 0.180. The number of nitrogens with zero attached hydrogens (tertiary/aromatic N) is 2. The second-order valence-corrected chi connectivity index (χ2v) is 14.9. The van der Waals surface area contributed by atoms with Crippen LogP contribution in [0.3, 0.4) is 0 Å². The fourth-order valence-electron chi connectivity index (χ4n) is 9.05. The molecule has 0 radical (unpaired) electrons. The number of benzene rings is 10. The van der Waals surface area contributed by atoms with E-state index in [1.807, 2.05) is 0 Å². The maximum atomic E-state index is 6.77. The molecule has 3 heteroatoms. The van der Waals surface area contributed by atoms with E-state index in [2.05, 4.69) is 216 Å². The zero-order valence-electron chi connectivity index (χ0n) is 30.9. The van der Waals surface area contributed by atoms with Crippen molar-refractivity contribution >= 4 is 71.2 Å². The number of aromatic nitrogens is 1. The molecule has 2 heterocycles. The topological polar surface area (TPSA) is 17.4 Å². The van der Waals surface area contributed by atoms with E-state index in [1.54, 1.807) is 0 Å². The van der Waals surface area contributed by atoms with Crippen LogP contribution in [-0.2, 0) is 0 Å². The first-order valence-electron chi connectivity index (χ1n) is 19.5. The summed E-state index contributed by atoms with van der Waals surface area (Å²) >= 11 is 0. The second kappa shape index (κ2) is 12.5. The van der Waals surface area contributed by atoms with E-state index < -0.39 is 0 Å². The van der Waals surface area contributed by atoms with Crippen LogP contribution < -0.4 is 9.64 Å². The molecule has 3 nitrogen and oxygen atoms in total. The summed E-state index contributed by atoms with van der Waals surface area (Å²) in [6.45, 7) is 0. The molecule has 1 aromatic heterocycles. The van der Waals surface area contributed by atoms with Gasteiger partial charge in [-0.15, -0.1) is 0 Å². The number of rotatable bonds is 4. The molecular formula is C54H34N2O. The van der Waals surface area contributed by atoms with Gasteiger partial charge in [-0.3, -0.25) is 0 Å². The molecule has 57 heavy (non-hydrogen) atoms. The number of anilines is 3. The number of ether oxygens (including phenoxy) is 1. The highest BCUT2D eigenvalue weighted by Gasteiger charge is 2.28. The van der Waals surface area contributed by atoms with Crippen molar-refractivity contribution in [3.05, 3.63) is 206 Å². The number of fused-ring (bicyclic) bond motifs is 8. The van der Waals surface area contributed by atoms with Crippen molar-refractivity contribution in [1.29, 1.82) is 0 Å². The average molecular weight is 727 g/mol.